The molecule has 6 heteroatoms. The van der Waals surface area contributed by atoms with Crippen molar-refractivity contribution in [2.24, 2.45) is 5.10 Å². The van der Waals surface area contributed by atoms with Crippen molar-refractivity contribution in [2.45, 2.75) is 6.61 Å². The molecule has 0 aliphatic heterocycles. The summed E-state index contributed by atoms with van der Waals surface area (Å²) in [6.45, 7) is 0.452. The number of ether oxygens (including phenoxy) is 2. The van der Waals surface area contributed by atoms with E-state index in [2.05, 4.69) is 26.5 Å². The molecule has 0 atom stereocenters. The van der Waals surface area contributed by atoms with E-state index in [9.17, 15) is 4.79 Å². The van der Waals surface area contributed by atoms with Crippen molar-refractivity contribution in [3.8, 4) is 11.5 Å². The minimum absolute atomic E-state index is 0.285. The number of methoxy groups -OCH3 is 1. The van der Waals surface area contributed by atoms with Gasteiger partial charge in [0, 0.05) is 10.0 Å². The van der Waals surface area contributed by atoms with Crippen LogP contribution in [-0.4, -0.2) is 19.2 Å². The highest BCUT2D eigenvalue weighted by molar-refractivity contribution is 9.10. The molecule has 0 aliphatic rings. The smallest absolute Gasteiger partial charge is 0.271 e. The molecule has 3 rings (SSSR count). The van der Waals surface area contributed by atoms with Crippen LogP contribution in [0.5, 0.6) is 11.5 Å². The van der Waals surface area contributed by atoms with Crippen LogP contribution in [0.2, 0.25) is 0 Å². The molecular formula is C22H19BrN2O3. The average molecular weight is 439 g/mol. The zero-order chi connectivity index (χ0) is 19.8. The number of hydrogen-bond donors (Lipinski definition) is 1. The fourth-order valence-electron chi connectivity index (χ4n) is 2.48. The summed E-state index contributed by atoms with van der Waals surface area (Å²) in [5, 5.41) is 4.01. The lowest BCUT2D eigenvalue weighted by molar-refractivity contribution is 0.0955. The molecule has 142 valence electrons. The lowest BCUT2D eigenvalue weighted by atomic mass is 10.2. The van der Waals surface area contributed by atoms with Gasteiger partial charge < -0.3 is 9.47 Å². The number of halogens is 1. The molecule has 0 heterocycles. The van der Waals surface area contributed by atoms with Crippen LogP contribution in [-0.2, 0) is 6.61 Å². The van der Waals surface area contributed by atoms with E-state index in [4.69, 9.17) is 9.47 Å². The summed E-state index contributed by atoms with van der Waals surface area (Å²) >= 11 is 3.34. The van der Waals surface area contributed by atoms with E-state index in [-0.39, 0.29) is 5.91 Å². The Bertz CT molecular complexity index is 975. The van der Waals surface area contributed by atoms with Gasteiger partial charge in [0.25, 0.3) is 5.91 Å². The fraction of sp³-hybridized carbons (Fsp3) is 0.0909. The van der Waals surface area contributed by atoms with Crippen molar-refractivity contribution in [3.63, 3.8) is 0 Å². The van der Waals surface area contributed by atoms with Crippen molar-refractivity contribution < 1.29 is 14.3 Å². The quantitative estimate of drug-likeness (QED) is 0.425. The second-order valence-electron chi connectivity index (χ2n) is 5.89. The first-order chi connectivity index (χ1) is 13.7. The summed E-state index contributed by atoms with van der Waals surface area (Å²) in [5.74, 6) is 0.951. The molecule has 0 fully saturated rings. The Morgan fingerprint density at radius 2 is 1.86 bits per heavy atom. The van der Waals surface area contributed by atoms with Gasteiger partial charge in [-0.2, -0.15) is 5.10 Å². The molecule has 1 N–H and O–H groups in total. The SMILES string of the molecule is COc1cc(C=NNC(=O)c2cccc(Br)c2)ccc1OCc1ccccc1. The highest BCUT2D eigenvalue weighted by Gasteiger charge is 2.07. The molecular weight excluding hydrogens is 420 g/mol. The van der Waals surface area contributed by atoms with Crippen LogP contribution < -0.4 is 14.9 Å². The Balaban J connectivity index is 1.62. The van der Waals surface area contributed by atoms with Gasteiger partial charge in [0.1, 0.15) is 6.61 Å². The van der Waals surface area contributed by atoms with Crippen molar-refractivity contribution in [1.82, 2.24) is 5.43 Å². The number of hydrazone groups is 1. The van der Waals surface area contributed by atoms with E-state index in [1.54, 1.807) is 37.6 Å². The molecule has 0 saturated carbocycles. The van der Waals surface area contributed by atoms with Crippen molar-refractivity contribution >= 4 is 28.1 Å². The first-order valence-electron chi connectivity index (χ1n) is 8.59. The largest absolute Gasteiger partial charge is 0.493 e. The van der Waals surface area contributed by atoms with Crippen LogP contribution >= 0.6 is 15.9 Å². The number of hydrogen-bond acceptors (Lipinski definition) is 4. The number of rotatable bonds is 7. The van der Waals surface area contributed by atoms with Crippen LogP contribution in [0.3, 0.4) is 0 Å². The number of nitrogens with zero attached hydrogens (tertiary/aromatic N) is 1. The minimum atomic E-state index is -0.285. The van der Waals surface area contributed by atoms with E-state index >= 15 is 0 Å². The predicted molar refractivity (Wildman–Crippen MR) is 113 cm³/mol. The van der Waals surface area contributed by atoms with Crippen LogP contribution in [0.25, 0.3) is 0 Å². The molecule has 0 aromatic heterocycles. The zero-order valence-corrected chi connectivity index (χ0v) is 16.8. The molecule has 0 radical (unpaired) electrons. The number of carbonyl (C=O) groups excluding carboxylic acids is 1. The minimum Gasteiger partial charge on any atom is -0.493 e. The van der Waals surface area contributed by atoms with Gasteiger partial charge in [0.2, 0.25) is 0 Å². The predicted octanol–water partition coefficient (Wildman–Crippen LogP) is 4.80. The van der Waals surface area contributed by atoms with Gasteiger partial charge in [-0.3, -0.25) is 4.79 Å². The summed E-state index contributed by atoms with van der Waals surface area (Å²) < 4.78 is 12.1. The number of benzene rings is 3. The number of nitrogens with one attached hydrogen (secondary N) is 1. The summed E-state index contributed by atoms with van der Waals surface area (Å²) in [5.41, 5.74) is 4.88. The lowest BCUT2D eigenvalue weighted by Gasteiger charge is -2.11. The van der Waals surface area contributed by atoms with Gasteiger partial charge in [-0.25, -0.2) is 5.43 Å². The monoisotopic (exact) mass is 438 g/mol. The van der Waals surface area contributed by atoms with E-state index in [0.717, 1.165) is 15.6 Å². The van der Waals surface area contributed by atoms with Gasteiger partial charge in [-0.05, 0) is 47.5 Å². The first-order valence-corrected chi connectivity index (χ1v) is 9.39. The fourth-order valence-corrected chi connectivity index (χ4v) is 2.88. The molecule has 0 spiro atoms. The summed E-state index contributed by atoms with van der Waals surface area (Å²) in [7, 11) is 1.58. The molecule has 5 nitrogen and oxygen atoms in total. The molecule has 1 amide bonds. The molecule has 28 heavy (non-hydrogen) atoms. The van der Waals surface area contributed by atoms with E-state index in [1.807, 2.05) is 48.5 Å². The van der Waals surface area contributed by atoms with Crippen LogP contribution in [0.4, 0.5) is 0 Å². The first kappa shape index (κ1) is 19.6. The summed E-state index contributed by atoms with van der Waals surface area (Å²) in [4.78, 5) is 12.1. The third-order valence-corrected chi connectivity index (χ3v) is 4.38. The maximum atomic E-state index is 12.1. The highest BCUT2D eigenvalue weighted by Crippen LogP contribution is 2.28. The third kappa shape index (κ3) is 5.44. The van der Waals surface area contributed by atoms with E-state index in [0.29, 0.717) is 23.7 Å². The van der Waals surface area contributed by atoms with Gasteiger partial charge in [-0.1, -0.05) is 52.3 Å². The normalized spacial score (nSPS) is 10.6. The molecule has 0 aliphatic carbocycles. The average Bonchev–Trinajstić information content (AvgIpc) is 2.73. The van der Waals surface area contributed by atoms with Crippen LogP contribution in [0, 0.1) is 0 Å². The zero-order valence-electron chi connectivity index (χ0n) is 15.3. The second-order valence-corrected chi connectivity index (χ2v) is 6.81. The molecule has 3 aromatic carbocycles. The maximum Gasteiger partial charge on any atom is 0.271 e. The molecule has 0 unspecified atom stereocenters. The van der Waals surface area contributed by atoms with E-state index in [1.165, 1.54) is 0 Å². The number of carbonyl (C=O) groups is 1. The standard InChI is InChI=1S/C22H19BrN2O3/c1-27-21-12-17(10-11-20(21)28-15-16-6-3-2-4-7-16)14-24-25-22(26)18-8-5-9-19(23)13-18/h2-14H,15H2,1H3,(H,25,26). The Labute approximate surface area is 172 Å². The van der Waals surface area contributed by atoms with Gasteiger partial charge in [0.15, 0.2) is 11.5 Å². The van der Waals surface area contributed by atoms with Crippen LogP contribution in [0.15, 0.2) is 82.4 Å². The van der Waals surface area contributed by atoms with Gasteiger partial charge >= 0.3 is 0 Å². The topological polar surface area (TPSA) is 59.9 Å². The second kappa shape index (κ2) is 9.71. The van der Waals surface area contributed by atoms with Crippen molar-refractivity contribution in [2.75, 3.05) is 7.11 Å². The molecule has 3 aromatic rings. The van der Waals surface area contributed by atoms with Gasteiger partial charge in [0.05, 0.1) is 13.3 Å². The maximum absolute atomic E-state index is 12.1. The highest BCUT2D eigenvalue weighted by atomic mass is 79.9. The molecule has 0 bridgehead atoms. The Morgan fingerprint density at radius 1 is 1.04 bits per heavy atom. The van der Waals surface area contributed by atoms with Crippen LogP contribution in [0.1, 0.15) is 21.5 Å². The van der Waals surface area contributed by atoms with Crippen molar-refractivity contribution in [1.29, 1.82) is 0 Å². The third-order valence-electron chi connectivity index (χ3n) is 3.89. The Hall–Kier alpha value is -3.12. The Kier molecular flexibility index (Phi) is 6.81. The summed E-state index contributed by atoms with van der Waals surface area (Å²) in [6, 6.07) is 22.5. The Morgan fingerprint density at radius 3 is 2.61 bits per heavy atom. The van der Waals surface area contributed by atoms with Crippen molar-refractivity contribution in [3.05, 3.63) is 94.0 Å². The number of amides is 1. The van der Waals surface area contributed by atoms with E-state index < -0.39 is 0 Å². The summed E-state index contributed by atoms with van der Waals surface area (Å²) in [6.07, 6.45) is 1.55. The lowest BCUT2D eigenvalue weighted by Crippen LogP contribution is -2.17. The molecule has 0 saturated heterocycles. The van der Waals surface area contributed by atoms with Gasteiger partial charge in [-0.15, -0.1) is 0 Å².